The molecule has 0 fully saturated rings. The van der Waals surface area contributed by atoms with Gasteiger partial charge in [-0.15, -0.1) is 10.2 Å². The molecule has 0 spiro atoms. The first-order chi connectivity index (χ1) is 4.72. The third kappa shape index (κ3) is 1.22. The van der Waals surface area contributed by atoms with E-state index in [1.54, 1.807) is 0 Å². The lowest BCUT2D eigenvalue weighted by molar-refractivity contribution is 0.106. The summed E-state index contributed by atoms with van der Waals surface area (Å²) in [7, 11) is 0. The van der Waals surface area contributed by atoms with E-state index in [-0.39, 0.29) is 5.82 Å². The fraction of sp³-hybridized carbons (Fsp3) is 0. The van der Waals surface area contributed by atoms with Crippen LogP contribution in [0.5, 0.6) is 0 Å². The molecule has 1 rings (SSSR count). The van der Waals surface area contributed by atoms with Crippen LogP contribution in [0.25, 0.3) is 0 Å². The summed E-state index contributed by atoms with van der Waals surface area (Å²) in [6.45, 7) is 0. The Labute approximate surface area is 57.1 Å². The van der Waals surface area contributed by atoms with E-state index in [2.05, 4.69) is 15.4 Å². The number of H-pyrrole nitrogens is 1. The summed E-state index contributed by atoms with van der Waals surface area (Å²) < 4.78 is 18.2. The molecule has 1 aromatic heterocycles. The van der Waals surface area contributed by atoms with Crippen molar-refractivity contribution in [1.82, 2.24) is 20.6 Å². The molecule has 0 aliphatic carbocycles. The molecule has 1 atom stereocenters. The normalized spacial score (nSPS) is 12.9. The number of carbonyl (C=O) groups excluding carboxylic acids is 1. The summed E-state index contributed by atoms with van der Waals surface area (Å²) in [5, 5.41) is 10.3. The van der Waals surface area contributed by atoms with Gasteiger partial charge in [0.05, 0.1) is 0 Å². The molecule has 7 nitrogen and oxygen atoms in total. The van der Waals surface area contributed by atoms with Crippen LogP contribution in [0.15, 0.2) is 0 Å². The number of tetrazole rings is 1. The number of rotatable bonds is 1. The van der Waals surface area contributed by atoms with Crippen molar-refractivity contribution < 1.29 is 13.6 Å². The maximum atomic E-state index is 10.5. The fourth-order valence-electron chi connectivity index (χ4n) is 0.326. The van der Waals surface area contributed by atoms with Gasteiger partial charge in [-0.3, -0.25) is 9.35 Å². The summed E-state index contributed by atoms with van der Waals surface area (Å²) in [5.41, 5.74) is 0. The van der Waals surface area contributed by atoms with Gasteiger partial charge in [-0.1, -0.05) is 0 Å². The molecule has 0 radical (unpaired) electrons. The van der Waals surface area contributed by atoms with Crippen molar-refractivity contribution in [2.24, 2.45) is 0 Å². The molecule has 2 N–H and O–H groups in total. The molecule has 1 unspecified atom stereocenters. The lowest BCUT2D eigenvalue weighted by atomic mass is 10.7. The van der Waals surface area contributed by atoms with Gasteiger partial charge in [0.1, 0.15) is 0 Å². The van der Waals surface area contributed by atoms with Crippen LogP contribution in [0.3, 0.4) is 0 Å². The number of aromatic amines is 1. The van der Waals surface area contributed by atoms with Crippen LogP contribution in [0, 0.1) is 0 Å². The van der Waals surface area contributed by atoms with Gasteiger partial charge >= 0.3 is 5.12 Å². The van der Waals surface area contributed by atoms with Gasteiger partial charge in [-0.2, -0.15) is 5.21 Å². The second-order valence-electron chi connectivity index (χ2n) is 1.27. The van der Waals surface area contributed by atoms with E-state index in [0.29, 0.717) is 0 Å². The van der Waals surface area contributed by atoms with Gasteiger partial charge in [0.15, 0.2) is 0 Å². The maximum Gasteiger partial charge on any atom is 0.317 e. The quantitative estimate of drug-likeness (QED) is 0.489. The van der Waals surface area contributed by atoms with Gasteiger partial charge in [-0.05, 0) is 5.21 Å². The number of aromatic nitrogens is 4. The lowest BCUT2D eigenvalue weighted by Crippen LogP contribution is -2.08. The highest BCUT2D eigenvalue weighted by molar-refractivity contribution is 7.95. The molecule has 1 aromatic rings. The highest BCUT2D eigenvalue weighted by Crippen LogP contribution is 1.88. The van der Waals surface area contributed by atoms with E-state index in [9.17, 15) is 9.00 Å². The number of hydrogen-bond donors (Lipinski definition) is 2. The smallest absolute Gasteiger partial charge is 0.300 e. The lowest BCUT2D eigenvalue weighted by Gasteiger charge is -1.81. The molecule has 54 valence electrons. The Kier molecular flexibility index (Phi) is 1.83. The summed E-state index contributed by atoms with van der Waals surface area (Å²) in [6, 6.07) is 0. The minimum Gasteiger partial charge on any atom is -0.300 e. The van der Waals surface area contributed by atoms with Crippen molar-refractivity contribution in [3.63, 3.8) is 0 Å². The average molecular weight is 162 g/mol. The average Bonchev–Trinajstić information content (AvgIpc) is 2.36. The van der Waals surface area contributed by atoms with E-state index in [4.69, 9.17) is 4.55 Å². The second-order valence-corrected chi connectivity index (χ2v) is 2.14. The predicted octanol–water partition coefficient (Wildman–Crippen LogP) is -1.44. The zero-order valence-corrected chi connectivity index (χ0v) is 5.33. The van der Waals surface area contributed by atoms with Crippen LogP contribution in [0.4, 0.5) is 0 Å². The van der Waals surface area contributed by atoms with Crippen molar-refractivity contribution in [2.45, 2.75) is 0 Å². The van der Waals surface area contributed by atoms with Crippen molar-refractivity contribution in [3.8, 4) is 0 Å². The van der Waals surface area contributed by atoms with Crippen LogP contribution >= 0.6 is 0 Å². The van der Waals surface area contributed by atoms with Gasteiger partial charge in [0, 0.05) is 0 Å². The molecule has 0 amide bonds. The molecule has 8 heteroatoms. The van der Waals surface area contributed by atoms with Crippen LogP contribution in [-0.2, 0) is 11.1 Å². The molecular weight excluding hydrogens is 160 g/mol. The molecule has 0 bridgehead atoms. The summed E-state index contributed by atoms with van der Waals surface area (Å²) >= 11 is -2.56. The number of nitrogens with one attached hydrogen (secondary N) is 1. The minimum atomic E-state index is -2.56. The van der Waals surface area contributed by atoms with Crippen LogP contribution in [-0.4, -0.2) is 34.5 Å². The molecule has 0 saturated heterocycles. The van der Waals surface area contributed by atoms with Crippen molar-refractivity contribution in [3.05, 3.63) is 5.82 Å². The SMILES string of the molecule is O=C(c1nn[nH]n1)S(=O)O. The van der Waals surface area contributed by atoms with E-state index >= 15 is 0 Å². The highest BCUT2D eigenvalue weighted by atomic mass is 32.2. The van der Waals surface area contributed by atoms with Gasteiger partial charge in [0.2, 0.25) is 11.1 Å². The van der Waals surface area contributed by atoms with E-state index in [1.807, 2.05) is 5.21 Å². The first kappa shape index (κ1) is 6.96. The number of hydrogen-bond acceptors (Lipinski definition) is 5. The van der Waals surface area contributed by atoms with Crippen molar-refractivity contribution in [2.75, 3.05) is 0 Å². The Morgan fingerprint density at radius 1 is 1.70 bits per heavy atom. The first-order valence-electron chi connectivity index (χ1n) is 2.10. The van der Waals surface area contributed by atoms with Crippen LogP contribution in [0.1, 0.15) is 10.6 Å². The zero-order valence-electron chi connectivity index (χ0n) is 4.51. The second kappa shape index (κ2) is 2.62. The zero-order chi connectivity index (χ0) is 7.56. The topological polar surface area (TPSA) is 109 Å². The van der Waals surface area contributed by atoms with Gasteiger partial charge < -0.3 is 0 Å². The third-order valence-corrected chi connectivity index (χ3v) is 1.19. The van der Waals surface area contributed by atoms with Crippen molar-refractivity contribution >= 4 is 16.2 Å². The van der Waals surface area contributed by atoms with E-state index < -0.39 is 16.2 Å². The Hall–Kier alpha value is -1.15. The molecular formula is C2H2N4O3S. The summed E-state index contributed by atoms with van der Waals surface area (Å²) in [5.74, 6) is -0.388. The fourth-order valence-corrected chi connectivity index (χ4v) is 0.569. The molecule has 0 saturated carbocycles. The van der Waals surface area contributed by atoms with Crippen molar-refractivity contribution in [1.29, 1.82) is 0 Å². The Bertz CT molecular complexity index is 255. The van der Waals surface area contributed by atoms with Crippen LogP contribution in [0.2, 0.25) is 0 Å². The Balaban J connectivity index is 2.88. The van der Waals surface area contributed by atoms with E-state index in [1.165, 1.54) is 0 Å². The summed E-state index contributed by atoms with van der Waals surface area (Å²) in [4.78, 5) is 10.5. The number of carbonyl (C=O) groups is 1. The third-order valence-electron chi connectivity index (χ3n) is 0.687. The standard InChI is InChI=1S/C2H2N4O3S/c7-2(10(8)9)1-3-5-6-4-1/h(H,8,9)(H,3,4,5,6). The molecule has 0 aliphatic rings. The molecule has 0 aromatic carbocycles. The summed E-state index contributed by atoms with van der Waals surface area (Å²) in [6.07, 6.45) is 0. The number of nitrogens with zero attached hydrogens (tertiary/aromatic N) is 3. The molecule has 10 heavy (non-hydrogen) atoms. The van der Waals surface area contributed by atoms with Gasteiger partial charge in [0.25, 0.3) is 5.82 Å². The predicted molar refractivity (Wildman–Crippen MR) is 29.3 cm³/mol. The minimum absolute atomic E-state index is 0.388. The first-order valence-corrected chi connectivity index (χ1v) is 3.21. The van der Waals surface area contributed by atoms with E-state index in [0.717, 1.165) is 0 Å². The monoisotopic (exact) mass is 162 g/mol. The Morgan fingerprint density at radius 2 is 2.40 bits per heavy atom. The van der Waals surface area contributed by atoms with Crippen LogP contribution < -0.4 is 0 Å². The highest BCUT2D eigenvalue weighted by Gasteiger charge is 2.16. The Morgan fingerprint density at radius 3 is 2.80 bits per heavy atom. The molecule has 0 aliphatic heterocycles. The molecule has 1 heterocycles. The largest absolute Gasteiger partial charge is 0.317 e. The maximum absolute atomic E-state index is 10.5. The van der Waals surface area contributed by atoms with Gasteiger partial charge in [-0.25, -0.2) is 4.21 Å².